The summed E-state index contributed by atoms with van der Waals surface area (Å²) < 4.78 is 22.7. The van der Waals surface area contributed by atoms with Crippen LogP contribution in [-0.2, 0) is 4.79 Å². The number of rotatable bonds is 7. The van der Waals surface area contributed by atoms with Crippen LogP contribution in [0.15, 0.2) is 41.6 Å². The molecular weight excluding hydrogens is 398 g/mol. The Labute approximate surface area is 170 Å². The maximum absolute atomic E-state index is 12.4. The number of thioether (sulfide) groups is 1. The Morgan fingerprint density at radius 2 is 2.03 bits per heavy atom. The van der Waals surface area contributed by atoms with E-state index in [1.165, 1.54) is 23.6 Å². The number of aromatic nitrogens is 4. The van der Waals surface area contributed by atoms with Gasteiger partial charge in [-0.3, -0.25) is 4.79 Å². The molecule has 4 rings (SSSR count). The Kier molecular flexibility index (Phi) is 5.38. The van der Waals surface area contributed by atoms with Crippen molar-refractivity contribution in [3.05, 3.63) is 36.4 Å². The summed E-state index contributed by atoms with van der Waals surface area (Å²) in [6.45, 7) is 0.186. The Morgan fingerprint density at radius 3 is 2.86 bits per heavy atom. The summed E-state index contributed by atoms with van der Waals surface area (Å²) in [5.41, 5.74) is 1.26. The van der Waals surface area contributed by atoms with Crippen molar-refractivity contribution in [1.29, 1.82) is 0 Å². The molecule has 0 radical (unpaired) electrons. The Bertz CT molecular complexity index is 1040. The Morgan fingerprint density at radius 1 is 1.17 bits per heavy atom. The van der Waals surface area contributed by atoms with Gasteiger partial charge in [0.2, 0.25) is 17.9 Å². The Hall–Kier alpha value is -3.47. The fourth-order valence-electron chi connectivity index (χ4n) is 2.67. The summed E-state index contributed by atoms with van der Waals surface area (Å²) in [6, 6.07) is 10.5. The highest BCUT2D eigenvalue weighted by atomic mass is 32.2. The second-order valence-electron chi connectivity index (χ2n) is 5.81. The van der Waals surface area contributed by atoms with Crippen molar-refractivity contribution in [2.45, 2.75) is 5.16 Å². The summed E-state index contributed by atoms with van der Waals surface area (Å²) in [7, 11) is 3.09. The molecule has 0 spiro atoms. The highest BCUT2D eigenvalue weighted by Crippen LogP contribution is 2.34. The minimum Gasteiger partial charge on any atom is -0.497 e. The van der Waals surface area contributed by atoms with E-state index < -0.39 is 0 Å². The van der Waals surface area contributed by atoms with Crippen molar-refractivity contribution in [2.75, 3.05) is 32.1 Å². The van der Waals surface area contributed by atoms with Gasteiger partial charge in [-0.25, -0.2) is 0 Å². The first kappa shape index (κ1) is 18.9. The molecule has 1 aromatic heterocycles. The molecular formula is C18H17N5O5S. The monoisotopic (exact) mass is 415 g/mol. The summed E-state index contributed by atoms with van der Waals surface area (Å²) in [6.07, 6.45) is 0. The predicted octanol–water partition coefficient (Wildman–Crippen LogP) is 2.14. The molecule has 0 fully saturated rings. The molecule has 1 amide bonds. The van der Waals surface area contributed by atoms with Crippen molar-refractivity contribution in [2.24, 2.45) is 0 Å². The molecule has 0 aliphatic carbocycles. The SMILES string of the molecule is COc1ccc(NC(=O)CSc2nnnn2-c2ccc3c(c2)OCO3)c(OC)c1. The van der Waals surface area contributed by atoms with Crippen LogP contribution in [0.1, 0.15) is 0 Å². The largest absolute Gasteiger partial charge is 0.497 e. The maximum atomic E-state index is 12.4. The number of anilines is 1. The molecule has 2 heterocycles. The number of carbonyl (C=O) groups excluding carboxylic acids is 1. The van der Waals surface area contributed by atoms with Crippen molar-refractivity contribution in [1.82, 2.24) is 20.2 Å². The lowest BCUT2D eigenvalue weighted by Crippen LogP contribution is -2.15. The molecule has 11 heteroatoms. The fourth-order valence-corrected chi connectivity index (χ4v) is 3.36. The van der Waals surface area contributed by atoms with Crippen LogP contribution in [-0.4, -0.2) is 52.9 Å². The van der Waals surface area contributed by atoms with Gasteiger partial charge >= 0.3 is 0 Å². The molecule has 1 N–H and O–H groups in total. The molecule has 0 saturated heterocycles. The van der Waals surface area contributed by atoms with E-state index in [0.29, 0.717) is 39.5 Å². The topological polar surface area (TPSA) is 110 Å². The zero-order valence-electron chi connectivity index (χ0n) is 15.6. The molecule has 29 heavy (non-hydrogen) atoms. The van der Waals surface area contributed by atoms with Crippen LogP contribution in [0.25, 0.3) is 5.69 Å². The summed E-state index contributed by atoms with van der Waals surface area (Å²) in [5, 5.41) is 15.0. The molecule has 0 unspecified atom stereocenters. The second kappa shape index (κ2) is 8.27. The minimum absolute atomic E-state index is 0.111. The molecule has 10 nitrogen and oxygen atoms in total. The standard InChI is InChI=1S/C18H17N5O5S/c1-25-12-4-5-13(15(8-12)26-2)19-17(24)9-29-18-20-21-22-23(18)11-3-6-14-16(7-11)28-10-27-14/h3-8H,9-10H2,1-2H3,(H,19,24). The quantitative estimate of drug-likeness (QED) is 0.580. The number of methoxy groups -OCH3 is 2. The number of amides is 1. The van der Waals surface area contributed by atoms with Gasteiger partial charge < -0.3 is 24.3 Å². The van der Waals surface area contributed by atoms with Crippen LogP contribution in [0.5, 0.6) is 23.0 Å². The molecule has 0 bridgehead atoms. The number of ether oxygens (including phenoxy) is 4. The maximum Gasteiger partial charge on any atom is 0.234 e. The van der Waals surface area contributed by atoms with E-state index >= 15 is 0 Å². The zero-order chi connectivity index (χ0) is 20.2. The molecule has 1 aliphatic rings. The third kappa shape index (κ3) is 4.04. The van der Waals surface area contributed by atoms with Gasteiger partial charge in [-0.05, 0) is 34.7 Å². The van der Waals surface area contributed by atoms with E-state index in [-0.39, 0.29) is 18.5 Å². The Balaban J connectivity index is 1.43. The van der Waals surface area contributed by atoms with Crippen molar-refractivity contribution < 1.29 is 23.7 Å². The predicted molar refractivity (Wildman–Crippen MR) is 104 cm³/mol. The third-order valence-corrected chi connectivity index (χ3v) is 4.98. The number of nitrogens with one attached hydrogen (secondary N) is 1. The van der Waals surface area contributed by atoms with Crippen LogP contribution in [0.3, 0.4) is 0 Å². The summed E-state index contributed by atoms with van der Waals surface area (Å²) in [5.74, 6) is 2.32. The molecule has 0 saturated carbocycles. The van der Waals surface area contributed by atoms with Crippen LogP contribution in [0.4, 0.5) is 5.69 Å². The molecule has 3 aromatic rings. The lowest BCUT2D eigenvalue weighted by Gasteiger charge is -2.11. The average molecular weight is 415 g/mol. The number of benzene rings is 2. The fraction of sp³-hybridized carbons (Fsp3) is 0.222. The van der Waals surface area contributed by atoms with Gasteiger partial charge in [0.1, 0.15) is 11.5 Å². The van der Waals surface area contributed by atoms with Crippen molar-refractivity contribution >= 4 is 23.4 Å². The number of carbonyl (C=O) groups is 1. The normalized spacial score (nSPS) is 11.9. The van der Waals surface area contributed by atoms with Crippen molar-refractivity contribution in [3.63, 3.8) is 0 Å². The van der Waals surface area contributed by atoms with E-state index in [1.54, 1.807) is 37.4 Å². The van der Waals surface area contributed by atoms with E-state index in [4.69, 9.17) is 18.9 Å². The van der Waals surface area contributed by atoms with Gasteiger partial charge in [-0.15, -0.1) is 5.10 Å². The smallest absolute Gasteiger partial charge is 0.234 e. The van der Waals surface area contributed by atoms with E-state index in [2.05, 4.69) is 20.8 Å². The molecule has 2 aromatic carbocycles. The number of hydrogen-bond acceptors (Lipinski definition) is 9. The summed E-state index contributed by atoms with van der Waals surface area (Å²) in [4.78, 5) is 12.4. The number of hydrogen-bond donors (Lipinski definition) is 1. The third-order valence-electron chi connectivity index (χ3n) is 4.06. The second-order valence-corrected chi connectivity index (χ2v) is 6.76. The van der Waals surface area contributed by atoms with Gasteiger partial charge in [-0.2, -0.15) is 4.68 Å². The zero-order valence-corrected chi connectivity index (χ0v) is 16.4. The first-order valence-corrected chi connectivity index (χ1v) is 9.49. The molecule has 0 atom stereocenters. The number of nitrogens with zero attached hydrogens (tertiary/aromatic N) is 4. The van der Waals surface area contributed by atoms with Crippen LogP contribution in [0, 0.1) is 0 Å². The van der Waals surface area contributed by atoms with Gasteiger partial charge in [-0.1, -0.05) is 11.8 Å². The van der Waals surface area contributed by atoms with Gasteiger partial charge in [0.15, 0.2) is 11.5 Å². The van der Waals surface area contributed by atoms with E-state index in [1.807, 2.05) is 6.07 Å². The lowest BCUT2D eigenvalue weighted by atomic mass is 10.2. The lowest BCUT2D eigenvalue weighted by molar-refractivity contribution is -0.113. The highest BCUT2D eigenvalue weighted by Gasteiger charge is 2.17. The van der Waals surface area contributed by atoms with Crippen molar-refractivity contribution in [3.8, 4) is 28.7 Å². The van der Waals surface area contributed by atoms with Crippen LogP contribution < -0.4 is 24.3 Å². The summed E-state index contributed by atoms with van der Waals surface area (Å²) >= 11 is 1.21. The first-order valence-electron chi connectivity index (χ1n) is 8.51. The highest BCUT2D eigenvalue weighted by molar-refractivity contribution is 7.99. The minimum atomic E-state index is -0.223. The first-order chi connectivity index (χ1) is 14.2. The van der Waals surface area contributed by atoms with E-state index in [0.717, 1.165) is 0 Å². The van der Waals surface area contributed by atoms with Crippen LogP contribution >= 0.6 is 11.8 Å². The van der Waals surface area contributed by atoms with Gasteiger partial charge in [0, 0.05) is 12.1 Å². The molecule has 1 aliphatic heterocycles. The van der Waals surface area contributed by atoms with Gasteiger partial charge in [0.05, 0.1) is 31.3 Å². The van der Waals surface area contributed by atoms with Crippen LogP contribution in [0.2, 0.25) is 0 Å². The number of tetrazole rings is 1. The average Bonchev–Trinajstić information content (AvgIpc) is 3.41. The van der Waals surface area contributed by atoms with E-state index in [9.17, 15) is 4.79 Å². The molecule has 150 valence electrons. The van der Waals surface area contributed by atoms with Gasteiger partial charge in [0.25, 0.3) is 0 Å². The number of fused-ring (bicyclic) bond motifs is 1.